The van der Waals surface area contributed by atoms with Crippen LogP contribution in [0.15, 0.2) is 42.7 Å². The zero-order chi connectivity index (χ0) is 30.4. The maximum Gasteiger partial charge on any atom is 0.319 e. The molecule has 13 heteroatoms. The third kappa shape index (κ3) is 8.02. The van der Waals surface area contributed by atoms with Crippen LogP contribution in [0.5, 0.6) is 5.75 Å². The van der Waals surface area contributed by atoms with Gasteiger partial charge in [0.15, 0.2) is 0 Å². The molecule has 5 rings (SSSR count). The van der Waals surface area contributed by atoms with Crippen LogP contribution in [0.3, 0.4) is 0 Å². The molecule has 43 heavy (non-hydrogen) atoms. The monoisotopic (exact) mass is 612 g/mol. The quantitative estimate of drug-likeness (QED) is 0.244. The summed E-state index contributed by atoms with van der Waals surface area (Å²) >= 11 is 0. The van der Waals surface area contributed by atoms with Gasteiger partial charge in [0.05, 0.1) is 24.4 Å². The smallest absolute Gasteiger partial charge is 0.319 e. The Morgan fingerprint density at radius 1 is 1.07 bits per heavy atom. The Morgan fingerprint density at radius 3 is 2.56 bits per heavy atom. The van der Waals surface area contributed by atoms with E-state index >= 15 is 0 Å². The lowest BCUT2D eigenvalue weighted by Crippen LogP contribution is -2.45. The van der Waals surface area contributed by atoms with E-state index in [1.807, 2.05) is 46.0 Å². The van der Waals surface area contributed by atoms with Crippen LogP contribution >= 0.6 is 0 Å². The van der Waals surface area contributed by atoms with E-state index in [0.29, 0.717) is 56.5 Å². The SMILES string of the molecule is CS(=O)(=O)CCCOc1cccc2c1ccn2-c1ccnc(NC2CCC(C(=O)N3CCC(OC(=O)CN)CC3)CC2)n1. The van der Waals surface area contributed by atoms with Gasteiger partial charge in [0.25, 0.3) is 0 Å². The van der Waals surface area contributed by atoms with Crippen LogP contribution in [-0.2, 0) is 24.2 Å². The fraction of sp³-hybridized carbons (Fsp3) is 0.533. The molecule has 1 aromatic carbocycles. The molecule has 0 spiro atoms. The van der Waals surface area contributed by atoms with E-state index in [2.05, 4.69) is 10.3 Å². The minimum absolute atomic E-state index is 0.00229. The molecule has 2 aliphatic rings. The summed E-state index contributed by atoms with van der Waals surface area (Å²) < 4.78 is 36.0. The lowest BCUT2D eigenvalue weighted by atomic mass is 9.85. The Balaban J connectivity index is 1.14. The van der Waals surface area contributed by atoms with Gasteiger partial charge in [-0.3, -0.25) is 9.59 Å². The predicted molar refractivity (Wildman–Crippen MR) is 163 cm³/mol. The van der Waals surface area contributed by atoms with Crippen molar-refractivity contribution >= 4 is 38.6 Å². The van der Waals surface area contributed by atoms with Crippen molar-refractivity contribution in [2.45, 2.75) is 57.1 Å². The second kappa shape index (κ2) is 13.7. The molecule has 3 N–H and O–H groups in total. The maximum atomic E-state index is 13.1. The summed E-state index contributed by atoms with van der Waals surface area (Å²) in [6.07, 6.45) is 9.76. The third-order valence-corrected chi connectivity index (χ3v) is 9.16. The van der Waals surface area contributed by atoms with Gasteiger partial charge < -0.3 is 30.0 Å². The number of nitrogens with two attached hydrogens (primary N) is 1. The summed E-state index contributed by atoms with van der Waals surface area (Å²) in [4.78, 5) is 35.7. The van der Waals surface area contributed by atoms with Gasteiger partial charge in [0, 0.05) is 61.9 Å². The molecule has 3 aromatic rings. The van der Waals surface area contributed by atoms with Crippen LogP contribution < -0.4 is 15.8 Å². The highest BCUT2D eigenvalue weighted by molar-refractivity contribution is 7.90. The molecule has 0 atom stereocenters. The fourth-order valence-corrected chi connectivity index (χ4v) is 6.52. The van der Waals surface area contributed by atoms with Crippen LogP contribution in [0.4, 0.5) is 5.95 Å². The van der Waals surface area contributed by atoms with Gasteiger partial charge in [-0.1, -0.05) is 6.07 Å². The van der Waals surface area contributed by atoms with Gasteiger partial charge in [-0.25, -0.2) is 13.4 Å². The molecule has 0 bridgehead atoms. The van der Waals surface area contributed by atoms with Crippen LogP contribution in [0, 0.1) is 5.92 Å². The van der Waals surface area contributed by atoms with Crippen LogP contribution in [0.25, 0.3) is 16.7 Å². The number of fused-ring (bicyclic) bond motifs is 1. The first-order valence-electron chi connectivity index (χ1n) is 14.9. The number of benzene rings is 1. The number of hydrogen-bond donors (Lipinski definition) is 2. The number of aromatic nitrogens is 3. The van der Waals surface area contributed by atoms with Crippen molar-refractivity contribution in [1.29, 1.82) is 0 Å². The first-order valence-corrected chi connectivity index (χ1v) is 16.9. The van der Waals surface area contributed by atoms with E-state index in [9.17, 15) is 18.0 Å². The Hall–Kier alpha value is -3.71. The number of nitrogens with one attached hydrogen (secondary N) is 1. The van der Waals surface area contributed by atoms with Gasteiger partial charge in [-0.2, -0.15) is 4.98 Å². The summed E-state index contributed by atoms with van der Waals surface area (Å²) in [5.41, 5.74) is 6.25. The average Bonchev–Trinajstić information content (AvgIpc) is 3.44. The number of sulfone groups is 1. The number of rotatable bonds is 11. The van der Waals surface area contributed by atoms with Gasteiger partial charge in [-0.15, -0.1) is 0 Å². The molecule has 1 aliphatic heterocycles. The van der Waals surface area contributed by atoms with Crippen LogP contribution in [0.1, 0.15) is 44.9 Å². The van der Waals surface area contributed by atoms with Gasteiger partial charge in [0.1, 0.15) is 27.5 Å². The minimum atomic E-state index is -3.02. The number of carbonyl (C=O) groups excluding carboxylic acids is 2. The summed E-state index contributed by atoms with van der Waals surface area (Å²) in [6, 6.07) is 9.76. The van der Waals surface area contributed by atoms with E-state index in [4.69, 9.17) is 20.2 Å². The predicted octanol–water partition coefficient (Wildman–Crippen LogP) is 2.70. The molecule has 2 fully saturated rings. The Morgan fingerprint density at radius 2 is 1.84 bits per heavy atom. The number of ether oxygens (including phenoxy) is 2. The minimum Gasteiger partial charge on any atom is -0.493 e. The number of hydrogen-bond acceptors (Lipinski definition) is 10. The largest absolute Gasteiger partial charge is 0.493 e. The fourth-order valence-electron chi connectivity index (χ4n) is 5.87. The number of carbonyl (C=O) groups is 2. The molecule has 1 saturated heterocycles. The molecule has 1 amide bonds. The molecular formula is C30H40N6O6S. The Labute approximate surface area is 251 Å². The highest BCUT2D eigenvalue weighted by Gasteiger charge is 2.32. The number of amides is 1. The van der Waals surface area contributed by atoms with Crippen molar-refractivity contribution < 1.29 is 27.5 Å². The first-order chi connectivity index (χ1) is 20.7. The molecule has 12 nitrogen and oxygen atoms in total. The zero-order valence-electron chi connectivity index (χ0n) is 24.5. The number of esters is 1. The topological polar surface area (TPSA) is 159 Å². The van der Waals surface area contributed by atoms with Crippen molar-refractivity contribution in [2.75, 3.05) is 43.6 Å². The molecule has 0 radical (unpaired) electrons. The van der Waals surface area contributed by atoms with E-state index < -0.39 is 15.8 Å². The van der Waals surface area contributed by atoms with Crippen molar-refractivity contribution in [3.63, 3.8) is 0 Å². The van der Waals surface area contributed by atoms with E-state index in [1.54, 1.807) is 6.20 Å². The number of nitrogens with zero attached hydrogens (tertiary/aromatic N) is 4. The van der Waals surface area contributed by atoms with Crippen LogP contribution in [-0.4, -0.2) is 90.1 Å². The summed E-state index contributed by atoms with van der Waals surface area (Å²) in [6.45, 7) is 1.40. The first kappa shape index (κ1) is 30.7. The Bertz CT molecular complexity index is 1530. The summed E-state index contributed by atoms with van der Waals surface area (Å²) in [5.74, 6) is 1.84. The zero-order valence-corrected chi connectivity index (χ0v) is 25.3. The van der Waals surface area contributed by atoms with E-state index in [-0.39, 0.29) is 36.3 Å². The Kier molecular flexibility index (Phi) is 9.81. The molecule has 2 aromatic heterocycles. The maximum absolute atomic E-state index is 13.1. The lowest BCUT2D eigenvalue weighted by molar-refractivity contribution is -0.151. The lowest BCUT2D eigenvalue weighted by Gasteiger charge is -2.36. The number of likely N-dealkylation sites (tertiary alicyclic amines) is 1. The van der Waals surface area contributed by atoms with Crippen molar-refractivity contribution in [3.05, 3.63) is 42.7 Å². The average molecular weight is 613 g/mol. The second-order valence-corrected chi connectivity index (χ2v) is 13.6. The summed E-state index contributed by atoms with van der Waals surface area (Å²) in [5, 5.41) is 4.38. The summed E-state index contributed by atoms with van der Waals surface area (Å²) in [7, 11) is -3.02. The number of piperidine rings is 1. The molecule has 0 unspecified atom stereocenters. The van der Waals surface area contributed by atoms with E-state index in [0.717, 1.165) is 36.6 Å². The van der Waals surface area contributed by atoms with Gasteiger partial charge >= 0.3 is 5.97 Å². The van der Waals surface area contributed by atoms with Gasteiger partial charge in [-0.05, 0) is 56.4 Å². The van der Waals surface area contributed by atoms with Crippen LogP contribution in [0.2, 0.25) is 0 Å². The third-order valence-electron chi connectivity index (χ3n) is 8.13. The second-order valence-electron chi connectivity index (χ2n) is 11.4. The molecular weight excluding hydrogens is 572 g/mol. The van der Waals surface area contributed by atoms with Crippen molar-refractivity contribution in [1.82, 2.24) is 19.4 Å². The molecule has 3 heterocycles. The standard InChI is InChI=1S/C30H40N6O6S/c1-43(39,40)19-3-18-41-26-5-2-4-25-24(26)13-17-36(25)27-10-14-32-30(34-27)33-22-8-6-21(7-9-22)29(38)35-15-11-23(12-16-35)42-28(37)20-31/h2,4-5,10,13-14,17,21-23H,3,6-9,11-12,15-16,18-20,31H2,1H3,(H,32,33,34). The highest BCUT2D eigenvalue weighted by Crippen LogP contribution is 2.30. The van der Waals surface area contributed by atoms with Crippen molar-refractivity contribution in [2.24, 2.45) is 11.7 Å². The van der Waals surface area contributed by atoms with Crippen molar-refractivity contribution in [3.8, 4) is 11.6 Å². The molecule has 1 aliphatic carbocycles. The normalized spacial score (nSPS) is 19.7. The number of anilines is 1. The molecule has 1 saturated carbocycles. The molecule has 232 valence electrons. The van der Waals surface area contributed by atoms with Gasteiger partial charge in [0.2, 0.25) is 11.9 Å². The van der Waals surface area contributed by atoms with E-state index in [1.165, 1.54) is 6.26 Å². The highest BCUT2D eigenvalue weighted by atomic mass is 32.2.